The zero-order valence-corrected chi connectivity index (χ0v) is 17.6. The number of hydrogen-bond donors (Lipinski definition) is 0. The number of aromatic nitrogens is 1. The van der Waals surface area contributed by atoms with Crippen LogP contribution in [0.25, 0.3) is 10.2 Å². The molecule has 1 amide bonds. The highest BCUT2D eigenvalue weighted by Gasteiger charge is 2.13. The van der Waals surface area contributed by atoms with E-state index in [2.05, 4.69) is 4.99 Å². The molecule has 31 heavy (non-hydrogen) atoms. The number of ketones is 1. The Bertz CT molecular complexity index is 1310. The van der Waals surface area contributed by atoms with E-state index in [0.717, 1.165) is 0 Å². The molecule has 4 rings (SSSR count). The number of benzene rings is 3. The lowest BCUT2D eigenvalue weighted by Gasteiger charge is -2.05. The first-order chi connectivity index (χ1) is 15.1. The summed E-state index contributed by atoms with van der Waals surface area (Å²) >= 11 is 1.24. The van der Waals surface area contributed by atoms with Crippen LogP contribution in [0.2, 0.25) is 0 Å². The second kappa shape index (κ2) is 9.16. The minimum absolute atomic E-state index is 0.117. The fourth-order valence-electron chi connectivity index (χ4n) is 3.23. The summed E-state index contributed by atoms with van der Waals surface area (Å²) in [5.74, 6) is -0.951. The summed E-state index contributed by atoms with van der Waals surface area (Å²) < 4.78 is 21.9. The van der Waals surface area contributed by atoms with E-state index in [0.29, 0.717) is 44.9 Å². The summed E-state index contributed by atoms with van der Waals surface area (Å²) in [4.78, 5) is 29.9. The number of carbonyl (C=O) groups is 2. The summed E-state index contributed by atoms with van der Waals surface area (Å²) in [5, 5.41) is 0. The minimum Gasteiger partial charge on any atom is -0.383 e. The summed E-state index contributed by atoms with van der Waals surface area (Å²) in [6.07, 6.45) is 0. The largest absolute Gasteiger partial charge is 0.383 e. The first-order valence-corrected chi connectivity index (χ1v) is 10.5. The normalized spacial score (nSPS) is 11.7. The zero-order chi connectivity index (χ0) is 21.8. The standard InChI is InChI=1S/C24H19FN2O3S/c1-30-15-14-27-21-19(25)8-5-9-20(21)31-24(27)26-23(29)18-12-10-17(11-13-18)22(28)16-6-3-2-4-7-16/h2-13H,14-15H2,1H3. The predicted molar refractivity (Wildman–Crippen MR) is 118 cm³/mol. The topological polar surface area (TPSA) is 60.7 Å². The maximum atomic E-state index is 14.4. The van der Waals surface area contributed by atoms with Crippen molar-refractivity contribution >= 4 is 33.2 Å². The summed E-state index contributed by atoms with van der Waals surface area (Å²) in [5.41, 5.74) is 1.82. The maximum absolute atomic E-state index is 14.4. The molecule has 1 heterocycles. The minimum atomic E-state index is -0.461. The van der Waals surface area contributed by atoms with Crippen LogP contribution in [0.3, 0.4) is 0 Å². The Labute approximate surface area is 182 Å². The third-order valence-electron chi connectivity index (χ3n) is 4.80. The molecule has 0 fully saturated rings. The average molecular weight is 434 g/mol. The molecule has 4 aromatic rings. The van der Waals surface area contributed by atoms with Crippen molar-refractivity contribution in [1.82, 2.24) is 4.57 Å². The molecular weight excluding hydrogens is 415 g/mol. The van der Waals surface area contributed by atoms with Gasteiger partial charge in [0.15, 0.2) is 10.6 Å². The number of nitrogens with zero attached hydrogens (tertiary/aromatic N) is 2. The van der Waals surface area contributed by atoms with Crippen LogP contribution in [-0.2, 0) is 11.3 Å². The second-order valence-corrected chi connectivity index (χ2v) is 7.81. The number of carbonyl (C=O) groups excluding carboxylic acids is 2. The molecule has 1 aromatic heterocycles. The molecule has 3 aromatic carbocycles. The van der Waals surface area contributed by atoms with Crippen LogP contribution < -0.4 is 4.80 Å². The lowest BCUT2D eigenvalue weighted by molar-refractivity contribution is 0.0994. The van der Waals surface area contributed by atoms with Gasteiger partial charge < -0.3 is 9.30 Å². The van der Waals surface area contributed by atoms with Crippen molar-refractivity contribution in [3.8, 4) is 0 Å². The van der Waals surface area contributed by atoms with E-state index in [1.807, 2.05) is 6.07 Å². The monoisotopic (exact) mass is 434 g/mol. The SMILES string of the molecule is COCCn1c(=NC(=O)c2ccc(C(=O)c3ccccc3)cc2)sc2cccc(F)c21. The van der Waals surface area contributed by atoms with Gasteiger partial charge in [0.2, 0.25) is 0 Å². The van der Waals surface area contributed by atoms with Crippen LogP contribution in [0, 0.1) is 5.82 Å². The van der Waals surface area contributed by atoms with Gasteiger partial charge in [-0.05, 0) is 24.3 Å². The highest BCUT2D eigenvalue weighted by atomic mass is 32.1. The van der Waals surface area contributed by atoms with Crippen LogP contribution >= 0.6 is 11.3 Å². The maximum Gasteiger partial charge on any atom is 0.279 e. The Morgan fingerprint density at radius 3 is 2.32 bits per heavy atom. The molecule has 0 saturated heterocycles. The average Bonchev–Trinajstić information content (AvgIpc) is 3.16. The molecule has 0 unspecified atom stereocenters. The molecule has 156 valence electrons. The van der Waals surface area contributed by atoms with Crippen molar-refractivity contribution in [2.45, 2.75) is 6.54 Å². The number of methoxy groups -OCH3 is 1. The van der Waals surface area contributed by atoms with Crippen molar-refractivity contribution in [1.29, 1.82) is 0 Å². The number of hydrogen-bond acceptors (Lipinski definition) is 4. The summed E-state index contributed by atoms with van der Waals surface area (Å²) in [6, 6.07) is 20.1. The van der Waals surface area contributed by atoms with E-state index in [-0.39, 0.29) is 11.6 Å². The molecule has 0 saturated carbocycles. The molecule has 0 aliphatic heterocycles. The molecule has 0 N–H and O–H groups in total. The molecule has 0 atom stereocenters. The van der Waals surface area contributed by atoms with Gasteiger partial charge in [-0.1, -0.05) is 59.9 Å². The van der Waals surface area contributed by atoms with Gasteiger partial charge in [0.1, 0.15) is 5.82 Å². The van der Waals surface area contributed by atoms with Crippen LogP contribution in [0.15, 0.2) is 77.8 Å². The van der Waals surface area contributed by atoms with Gasteiger partial charge in [0, 0.05) is 30.3 Å². The lowest BCUT2D eigenvalue weighted by Crippen LogP contribution is -2.19. The third kappa shape index (κ3) is 4.38. The van der Waals surface area contributed by atoms with Crippen molar-refractivity contribution in [3.05, 3.63) is 100 Å². The number of fused-ring (bicyclic) bond motifs is 1. The molecule has 0 aliphatic rings. The molecule has 0 bridgehead atoms. The Morgan fingerprint density at radius 1 is 0.935 bits per heavy atom. The van der Waals surface area contributed by atoms with Crippen molar-refractivity contribution < 1.29 is 18.7 Å². The highest BCUT2D eigenvalue weighted by Crippen LogP contribution is 2.20. The number of rotatable bonds is 6. The highest BCUT2D eigenvalue weighted by molar-refractivity contribution is 7.16. The zero-order valence-electron chi connectivity index (χ0n) is 16.7. The van der Waals surface area contributed by atoms with E-state index in [1.54, 1.807) is 72.3 Å². The Kier molecular flexibility index (Phi) is 6.16. The van der Waals surface area contributed by atoms with Gasteiger partial charge in [0.25, 0.3) is 5.91 Å². The van der Waals surface area contributed by atoms with Crippen LogP contribution in [0.5, 0.6) is 0 Å². The predicted octanol–water partition coefficient (Wildman–Crippen LogP) is 4.46. The number of ether oxygens (including phenoxy) is 1. The van der Waals surface area contributed by atoms with Gasteiger partial charge >= 0.3 is 0 Å². The van der Waals surface area contributed by atoms with E-state index in [9.17, 15) is 14.0 Å². The van der Waals surface area contributed by atoms with E-state index in [4.69, 9.17) is 4.74 Å². The molecule has 0 aliphatic carbocycles. The number of thiazole rings is 1. The second-order valence-electron chi connectivity index (χ2n) is 6.81. The Morgan fingerprint density at radius 2 is 1.61 bits per heavy atom. The van der Waals surface area contributed by atoms with Crippen LogP contribution in [-0.4, -0.2) is 30.0 Å². The van der Waals surface area contributed by atoms with Crippen molar-refractivity contribution in [2.24, 2.45) is 4.99 Å². The van der Waals surface area contributed by atoms with Gasteiger partial charge in [-0.25, -0.2) is 4.39 Å². The van der Waals surface area contributed by atoms with Gasteiger partial charge in [-0.3, -0.25) is 9.59 Å². The third-order valence-corrected chi connectivity index (χ3v) is 5.84. The molecule has 0 radical (unpaired) electrons. The van der Waals surface area contributed by atoms with Gasteiger partial charge in [-0.15, -0.1) is 0 Å². The molecule has 5 nitrogen and oxygen atoms in total. The first kappa shape index (κ1) is 20.8. The fraction of sp³-hybridized carbons (Fsp3) is 0.125. The number of para-hydroxylation sites is 1. The van der Waals surface area contributed by atoms with Gasteiger partial charge in [-0.2, -0.15) is 4.99 Å². The van der Waals surface area contributed by atoms with Crippen molar-refractivity contribution in [2.75, 3.05) is 13.7 Å². The molecule has 7 heteroatoms. The fourth-order valence-corrected chi connectivity index (χ4v) is 4.30. The summed E-state index contributed by atoms with van der Waals surface area (Å²) in [6.45, 7) is 0.728. The van der Waals surface area contributed by atoms with Crippen LogP contribution in [0.1, 0.15) is 26.3 Å². The van der Waals surface area contributed by atoms with E-state index < -0.39 is 5.91 Å². The van der Waals surface area contributed by atoms with E-state index >= 15 is 0 Å². The van der Waals surface area contributed by atoms with Gasteiger partial charge in [0.05, 0.1) is 16.8 Å². The molecular formula is C24H19FN2O3S. The summed E-state index contributed by atoms with van der Waals surface area (Å²) in [7, 11) is 1.56. The lowest BCUT2D eigenvalue weighted by atomic mass is 10.0. The molecule has 0 spiro atoms. The Balaban J connectivity index is 1.67. The quantitative estimate of drug-likeness (QED) is 0.421. The van der Waals surface area contributed by atoms with Crippen LogP contribution in [0.4, 0.5) is 4.39 Å². The van der Waals surface area contributed by atoms with Crippen molar-refractivity contribution in [3.63, 3.8) is 0 Å². The smallest absolute Gasteiger partial charge is 0.279 e. The van der Waals surface area contributed by atoms with E-state index in [1.165, 1.54) is 17.4 Å². The first-order valence-electron chi connectivity index (χ1n) is 9.64. The Hall–Kier alpha value is -3.42. The number of halogens is 1. The number of amides is 1.